The summed E-state index contributed by atoms with van der Waals surface area (Å²) in [5, 5.41) is 47.2. The molecular formula is C28H27ClN2O7. The third-order valence-electron chi connectivity index (χ3n) is 9.25. The van der Waals surface area contributed by atoms with E-state index in [4.69, 9.17) is 16.3 Å². The summed E-state index contributed by atoms with van der Waals surface area (Å²) < 4.78 is 6.20. The first-order valence-electron chi connectivity index (χ1n) is 12.9. The van der Waals surface area contributed by atoms with E-state index in [1.165, 1.54) is 18.2 Å². The van der Waals surface area contributed by atoms with E-state index in [1.807, 2.05) is 6.07 Å². The van der Waals surface area contributed by atoms with E-state index in [0.717, 1.165) is 30.5 Å². The van der Waals surface area contributed by atoms with Gasteiger partial charge in [-0.2, -0.15) is 0 Å². The number of hydrogen-bond acceptors (Lipinski definition) is 7. The fourth-order valence-corrected chi connectivity index (χ4v) is 7.54. The van der Waals surface area contributed by atoms with Crippen molar-refractivity contribution in [3.05, 3.63) is 63.4 Å². The van der Waals surface area contributed by atoms with Crippen LogP contribution in [0.1, 0.15) is 47.2 Å². The van der Waals surface area contributed by atoms with Gasteiger partial charge in [0.25, 0.3) is 5.91 Å². The number of phenolic OH excluding ortho intramolecular Hbond substituents is 1. The highest BCUT2D eigenvalue weighted by molar-refractivity contribution is 6.31. The lowest BCUT2D eigenvalue weighted by molar-refractivity contribution is -0.172. The van der Waals surface area contributed by atoms with E-state index >= 15 is 0 Å². The van der Waals surface area contributed by atoms with Crippen LogP contribution >= 0.6 is 11.6 Å². The van der Waals surface area contributed by atoms with Crippen molar-refractivity contribution in [2.24, 2.45) is 5.92 Å². The van der Waals surface area contributed by atoms with Crippen LogP contribution in [-0.2, 0) is 16.6 Å². The highest BCUT2D eigenvalue weighted by Gasteiger charge is 2.73. The second kappa shape index (κ2) is 7.88. The number of anilines is 1. The number of carbonyl (C=O) groups is 2. The third kappa shape index (κ3) is 3.06. The van der Waals surface area contributed by atoms with Crippen LogP contribution in [0.2, 0.25) is 5.02 Å². The molecule has 10 heteroatoms. The van der Waals surface area contributed by atoms with Crippen LogP contribution in [0.4, 0.5) is 5.69 Å². The minimum Gasteiger partial charge on any atom is -0.508 e. The summed E-state index contributed by atoms with van der Waals surface area (Å²) in [4.78, 5) is 27.7. The van der Waals surface area contributed by atoms with Crippen molar-refractivity contribution >= 4 is 29.2 Å². The van der Waals surface area contributed by atoms with Crippen molar-refractivity contribution in [3.63, 3.8) is 0 Å². The van der Waals surface area contributed by atoms with Crippen molar-refractivity contribution in [2.75, 3.05) is 18.4 Å². The molecule has 3 aliphatic carbocycles. The van der Waals surface area contributed by atoms with Gasteiger partial charge >= 0.3 is 5.97 Å². The van der Waals surface area contributed by atoms with Crippen LogP contribution < -0.4 is 10.1 Å². The number of phenols is 1. The number of nitrogens with zero attached hydrogens (tertiary/aromatic N) is 1. The molecule has 2 aliphatic heterocycles. The predicted octanol–water partition coefficient (Wildman–Crippen LogP) is 3.37. The average Bonchev–Trinajstić information content (AvgIpc) is 3.62. The van der Waals surface area contributed by atoms with Gasteiger partial charge in [-0.15, -0.1) is 0 Å². The van der Waals surface area contributed by atoms with E-state index < -0.39 is 29.0 Å². The van der Waals surface area contributed by atoms with Crippen LogP contribution in [0.3, 0.4) is 0 Å². The van der Waals surface area contributed by atoms with Crippen LogP contribution in [0.25, 0.3) is 0 Å². The molecule has 0 unspecified atom stereocenters. The van der Waals surface area contributed by atoms with Gasteiger partial charge in [-0.3, -0.25) is 9.69 Å². The number of benzene rings is 2. The van der Waals surface area contributed by atoms with Crippen LogP contribution in [0, 0.1) is 5.92 Å². The highest BCUT2D eigenvalue weighted by Crippen LogP contribution is 2.66. The molecule has 2 bridgehead atoms. The number of piperidine rings is 1. The third-order valence-corrected chi connectivity index (χ3v) is 9.49. The molecular weight excluding hydrogens is 512 g/mol. The number of carboxylic acid groups (broad SMARTS) is 1. The minimum atomic E-state index is -1.45. The molecule has 5 aliphatic rings. The molecule has 2 heterocycles. The molecule has 38 heavy (non-hydrogen) atoms. The lowest BCUT2D eigenvalue weighted by Crippen LogP contribution is -2.75. The van der Waals surface area contributed by atoms with Gasteiger partial charge in [0.2, 0.25) is 0 Å². The molecule has 4 atom stereocenters. The second-order valence-corrected chi connectivity index (χ2v) is 11.7. The largest absolute Gasteiger partial charge is 0.508 e. The lowest BCUT2D eigenvalue weighted by Gasteiger charge is -2.62. The Kier molecular flexibility index (Phi) is 4.94. The van der Waals surface area contributed by atoms with Gasteiger partial charge < -0.3 is 30.5 Å². The van der Waals surface area contributed by atoms with Crippen molar-refractivity contribution in [1.29, 1.82) is 0 Å². The molecule has 1 spiro atoms. The Morgan fingerprint density at radius 2 is 1.97 bits per heavy atom. The van der Waals surface area contributed by atoms with Crippen molar-refractivity contribution in [3.8, 4) is 11.5 Å². The summed E-state index contributed by atoms with van der Waals surface area (Å²) in [6.07, 6.45) is 2.16. The standard InChI is InChI=1S/C28H27ClN2O7/c29-15-4-5-18(16(10-15)26(35)36)30-25(34)17-11-28(37)20-9-14-3-6-19(32)23-21(14)27(28,24(38-23)22(17)33)7-8-31(20)12-13-1-2-13/h3-6,10,13,20,24,32-33,37H,1-2,7-9,11-12H2,(H,30,34)(H,35,36)/t20-,24+,27+,28-/m1/s1. The number of carboxylic acids is 1. The SMILES string of the molecule is O=C(Nc1ccc(Cl)cc1C(=O)O)C1=C(O)[C@@H]2Oc3c(O)ccc4c3[C@@]23CCN(CC2CC2)[C@H](C4)[C@]3(O)C1. The number of aromatic hydroxyl groups is 1. The number of aliphatic hydroxyl groups excluding tert-OH is 1. The van der Waals surface area contributed by atoms with Crippen molar-refractivity contribution < 1.29 is 34.8 Å². The normalized spacial score (nSPS) is 31.0. The zero-order chi connectivity index (χ0) is 26.6. The number of aromatic carboxylic acids is 1. The molecule has 1 saturated carbocycles. The Morgan fingerprint density at radius 1 is 1.18 bits per heavy atom. The molecule has 2 aromatic carbocycles. The average molecular weight is 539 g/mol. The number of aliphatic hydroxyl groups is 2. The number of halogens is 1. The summed E-state index contributed by atoms with van der Waals surface area (Å²) in [7, 11) is 0. The Hall–Kier alpha value is -3.27. The number of hydrogen-bond donors (Lipinski definition) is 5. The van der Waals surface area contributed by atoms with E-state index in [1.54, 1.807) is 6.07 Å². The summed E-state index contributed by atoms with van der Waals surface area (Å²) in [5.74, 6) is -1.53. The first kappa shape index (κ1) is 23.8. The van der Waals surface area contributed by atoms with Gasteiger partial charge in [0.05, 0.1) is 27.8 Å². The first-order chi connectivity index (χ1) is 18.1. The Morgan fingerprint density at radius 3 is 2.71 bits per heavy atom. The number of rotatable bonds is 5. The molecule has 0 radical (unpaired) electrons. The van der Waals surface area contributed by atoms with E-state index in [9.17, 15) is 30.0 Å². The molecule has 2 aromatic rings. The van der Waals surface area contributed by atoms with Gasteiger partial charge in [-0.25, -0.2) is 4.79 Å². The molecule has 5 N–H and O–H groups in total. The zero-order valence-electron chi connectivity index (χ0n) is 20.4. The maximum absolute atomic E-state index is 13.6. The molecule has 1 saturated heterocycles. The van der Waals surface area contributed by atoms with E-state index in [0.29, 0.717) is 25.3 Å². The topological polar surface area (TPSA) is 140 Å². The number of nitrogens with one attached hydrogen (secondary N) is 1. The molecule has 0 aromatic heterocycles. The minimum absolute atomic E-state index is 0.0224. The molecule has 7 rings (SSSR count). The van der Waals surface area contributed by atoms with Crippen molar-refractivity contribution in [2.45, 2.75) is 55.3 Å². The summed E-state index contributed by atoms with van der Waals surface area (Å²) in [6, 6.07) is 7.22. The highest BCUT2D eigenvalue weighted by atomic mass is 35.5. The van der Waals surface area contributed by atoms with Gasteiger partial charge in [0, 0.05) is 29.6 Å². The Labute approximate surface area is 223 Å². The number of carbonyl (C=O) groups excluding carboxylic acids is 1. The van der Waals surface area contributed by atoms with Crippen LogP contribution in [-0.4, -0.2) is 68.0 Å². The number of amides is 1. The van der Waals surface area contributed by atoms with Gasteiger partial charge in [-0.1, -0.05) is 17.7 Å². The van der Waals surface area contributed by atoms with Crippen LogP contribution in [0.5, 0.6) is 11.5 Å². The number of likely N-dealkylation sites (tertiary alicyclic amines) is 1. The maximum Gasteiger partial charge on any atom is 0.337 e. The zero-order valence-corrected chi connectivity index (χ0v) is 21.2. The lowest BCUT2D eigenvalue weighted by atomic mass is 9.49. The van der Waals surface area contributed by atoms with Gasteiger partial charge in [0.15, 0.2) is 17.6 Å². The molecule has 9 nitrogen and oxygen atoms in total. The molecule has 1 amide bonds. The quantitative estimate of drug-likeness (QED) is 0.390. The monoisotopic (exact) mass is 538 g/mol. The van der Waals surface area contributed by atoms with Crippen molar-refractivity contribution in [1.82, 2.24) is 4.90 Å². The Balaban J connectivity index is 1.34. The fraction of sp³-hybridized carbons (Fsp3) is 0.429. The molecule has 198 valence electrons. The molecule has 2 fully saturated rings. The summed E-state index contributed by atoms with van der Waals surface area (Å²) >= 11 is 5.96. The fourth-order valence-electron chi connectivity index (χ4n) is 7.37. The summed E-state index contributed by atoms with van der Waals surface area (Å²) in [5.41, 5.74) is -0.998. The van der Waals surface area contributed by atoms with Crippen LogP contribution in [0.15, 0.2) is 41.7 Å². The number of ether oxygens (including phenoxy) is 1. The predicted molar refractivity (Wildman–Crippen MR) is 137 cm³/mol. The van der Waals surface area contributed by atoms with E-state index in [2.05, 4.69) is 10.2 Å². The second-order valence-electron chi connectivity index (χ2n) is 11.2. The first-order valence-corrected chi connectivity index (χ1v) is 13.3. The Bertz CT molecular complexity index is 1450. The maximum atomic E-state index is 13.6. The van der Waals surface area contributed by atoms with Gasteiger partial charge in [-0.05, 0) is 68.0 Å². The smallest absolute Gasteiger partial charge is 0.337 e. The van der Waals surface area contributed by atoms with E-state index in [-0.39, 0.29) is 51.6 Å². The summed E-state index contributed by atoms with van der Waals surface area (Å²) in [6.45, 7) is 1.57. The van der Waals surface area contributed by atoms with Gasteiger partial charge in [0.1, 0.15) is 5.76 Å².